The van der Waals surface area contributed by atoms with E-state index in [1.54, 1.807) is 19.3 Å². The van der Waals surface area contributed by atoms with Gasteiger partial charge < -0.3 is 9.72 Å². The molecule has 152 valence electrons. The second kappa shape index (κ2) is 8.24. The van der Waals surface area contributed by atoms with Gasteiger partial charge in [-0.25, -0.2) is 9.37 Å². The smallest absolute Gasteiger partial charge is 0.148 e. The summed E-state index contributed by atoms with van der Waals surface area (Å²) in [5, 5.41) is 0.449. The molecule has 4 rings (SSSR count). The van der Waals surface area contributed by atoms with E-state index >= 15 is 0 Å². The van der Waals surface area contributed by atoms with Crippen LogP contribution in [0.25, 0.3) is 22.6 Å². The predicted octanol–water partition coefficient (Wildman–Crippen LogP) is 5.83. The largest absolute Gasteiger partial charge is 0.487 e. The van der Waals surface area contributed by atoms with Crippen LogP contribution in [0.5, 0.6) is 5.75 Å². The molecule has 0 atom stereocenters. The number of H-pyrrole nitrogens is 1. The molecule has 1 N–H and O–H groups in total. The molecule has 0 bridgehead atoms. The lowest BCUT2D eigenvalue weighted by molar-refractivity contribution is 0.292. The third kappa shape index (κ3) is 4.19. The van der Waals surface area contributed by atoms with E-state index in [1.165, 1.54) is 6.07 Å². The lowest BCUT2D eigenvalue weighted by Crippen LogP contribution is -2.03. The third-order valence-corrected chi connectivity index (χ3v) is 4.98. The number of pyridine rings is 2. The van der Waals surface area contributed by atoms with E-state index in [9.17, 15) is 4.39 Å². The van der Waals surface area contributed by atoms with Crippen LogP contribution >= 0.6 is 11.6 Å². The number of aromatic amines is 1. The molecular weight excluding hydrogens is 403 g/mol. The third-order valence-electron chi connectivity index (χ3n) is 4.71. The normalized spacial score (nSPS) is 11.0. The molecule has 0 spiro atoms. The Morgan fingerprint density at radius 1 is 1.00 bits per heavy atom. The molecule has 0 aliphatic carbocycles. The fraction of sp³-hybridized carbons (Fsp3) is 0.174. The van der Waals surface area contributed by atoms with Gasteiger partial charge in [0.15, 0.2) is 0 Å². The molecule has 0 fully saturated rings. The minimum absolute atomic E-state index is 0.0556. The summed E-state index contributed by atoms with van der Waals surface area (Å²) in [4.78, 5) is 16.1. The Bertz CT molecular complexity index is 1200. The van der Waals surface area contributed by atoms with Gasteiger partial charge in [-0.15, -0.1) is 0 Å². The summed E-state index contributed by atoms with van der Waals surface area (Å²) in [5.41, 5.74) is 5.23. The van der Waals surface area contributed by atoms with Crippen LogP contribution in [0.4, 0.5) is 4.39 Å². The molecule has 4 aromatic rings. The fourth-order valence-corrected chi connectivity index (χ4v) is 3.30. The molecule has 3 heterocycles. The van der Waals surface area contributed by atoms with Gasteiger partial charge in [-0.2, -0.15) is 0 Å². The van der Waals surface area contributed by atoms with Crippen molar-refractivity contribution in [3.8, 4) is 28.4 Å². The number of rotatable bonds is 5. The van der Waals surface area contributed by atoms with Crippen LogP contribution in [0.2, 0.25) is 5.15 Å². The van der Waals surface area contributed by atoms with Gasteiger partial charge in [0.1, 0.15) is 40.5 Å². The lowest BCUT2D eigenvalue weighted by Gasteiger charge is -2.10. The number of hydrogen-bond donors (Lipinski definition) is 1. The van der Waals surface area contributed by atoms with Gasteiger partial charge in [-0.1, -0.05) is 11.6 Å². The standard InChI is InChI=1S/C23H20ClFN4O/c1-13-8-18(25)19(27-10-13)12-30-20-7-6-16(9-14(20)2)21-22(24)29-23(28-21)17-5-4-15(3)26-11-17/h4-11H,12H2,1-3H3,(H,28,29). The quantitative estimate of drug-likeness (QED) is 0.439. The van der Waals surface area contributed by atoms with Gasteiger partial charge in [0.25, 0.3) is 0 Å². The average molecular weight is 423 g/mol. The maximum Gasteiger partial charge on any atom is 0.148 e. The van der Waals surface area contributed by atoms with Crippen molar-refractivity contribution in [2.24, 2.45) is 0 Å². The van der Waals surface area contributed by atoms with Gasteiger partial charge in [0, 0.05) is 29.2 Å². The first kappa shape index (κ1) is 20.0. The number of nitrogens with zero attached hydrogens (tertiary/aromatic N) is 3. The monoisotopic (exact) mass is 422 g/mol. The molecular formula is C23H20ClFN4O. The van der Waals surface area contributed by atoms with Crippen LogP contribution in [0.1, 0.15) is 22.5 Å². The molecule has 5 nitrogen and oxygen atoms in total. The number of hydrogen-bond acceptors (Lipinski definition) is 4. The van der Waals surface area contributed by atoms with Crippen LogP contribution in [0.15, 0.2) is 48.8 Å². The summed E-state index contributed by atoms with van der Waals surface area (Å²) in [5.74, 6) is 0.933. The fourth-order valence-electron chi connectivity index (χ4n) is 3.06. The molecule has 0 saturated heterocycles. The van der Waals surface area contributed by atoms with E-state index in [2.05, 4.69) is 19.9 Å². The SMILES string of the molecule is Cc1cnc(COc2ccc(-c3nc(-c4ccc(C)nc4)[nH]c3Cl)cc2C)c(F)c1. The van der Waals surface area contributed by atoms with E-state index in [0.29, 0.717) is 22.4 Å². The van der Waals surface area contributed by atoms with Gasteiger partial charge in [-0.3, -0.25) is 9.97 Å². The summed E-state index contributed by atoms with van der Waals surface area (Å²) < 4.78 is 19.8. The van der Waals surface area contributed by atoms with E-state index < -0.39 is 0 Å². The molecule has 3 aromatic heterocycles. The maximum absolute atomic E-state index is 14.0. The number of benzene rings is 1. The molecule has 0 unspecified atom stereocenters. The summed E-state index contributed by atoms with van der Waals surface area (Å²) >= 11 is 6.40. The second-order valence-electron chi connectivity index (χ2n) is 7.15. The average Bonchev–Trinajstić information content (AvgIpc) is 3.10. The van der Waals surface area contributed by atoms with E-state index in [4.69, 9.17) is 16.3 Å². The first-order valence-electron chi connectivity index (χ1n) is 9.44. The van der Waals surface area contributed by atoms with Crippen LogP contribution in [0.3, 0.4) is 0 Å². The van der Waals surface area contributed by atoms with Crippen molar-refractivity contribution in [3.63, 3.8) is 0 Å². The van der Waals surface area contributed by atoms with Gasteiger partial charge in [0.05, 0.1) is 0 Å². The first-order chi connectivity index (χ1) is 14.4. The van der Waals surface area contributed by atoms with E-state index in [1.807, 2.05) is 44.2 Å². The van der Waals surface area contributed by atoms with Crippen LogP contribution in [-0.2, 0) is 6.61 Å². The molecule has 0 saturated carbocycles. The van der Waals surface area contributed by atoms with Crippen molar-refractivity contribution in [1.82, 2.24) is 19.9 Å². The number of aryl methyl sites for hydroxylation is 3. The highest BCUT2D eigenvalue weighted by molar-refractivity contribution is 6.32. The highest BCUT2D eigenvalue weighted by Gasteiger charge is 2.14. The zero-order valence-corrected chi connectivity index (χ0v) is 17.6. The minimum Gasteiger partial charge on any atom is -0.487 e. The first-order valence-corrected chi connectivity index (χ1v) is 9.82. The van der Waals surface area contributed by atoms with Gasteiger partial charge in [-0.05, 0) is 68.3 Å². The Morgan fingerprint density at radius 2 is 1.80 bits per heavy atom. The van der Waals surface area contributed by atoms with E-state index in [0.717, 1.165) is 27.9 Å². The Morgan fingerprint density at radius 3 is 2.50 bits per heavy atom. The van der Waals surface area contributed by atoms with E-state index in [-0.39, 0.29) is 18.1 Å². The number of aromatic nitrogens is 4. The van der Waals surface area contributed by atoms with Crippen molar-refractivity contribution in [3.05, 3.63) is 82.3 Å². The predicted molar refractivity (Wildman–Crippen MR) is 115 cm³/mol. The van der Waals surface area contributed by atoms with Crippen molar-refractivity contribution >= 4 is 11.6 Å². The van der Waals surface area contributed by atoms with Crippen molar-refractivity contribution in [1.29, 1.82) is 0 Å². The summed E-state index contributed by atoms with van der Waals surface area (Å²) in [6.07, 6.45) is 3.38. The Labute approximate surface area is 179 Å². The van der Waals surface area contributed by atoms with Crippen molar-refractivity contribution < 1.29 is 9.13 Å². The molecule has 0 aliphatic rings. The van der Waals surface area contributed by atoms with Crippen LogP contribution < -0.4 is 4.74 Å². The minimum atomic E-state index is -0.370. The Kier molecular flexibility index (Phi) is 5.50. The second-order valence-corrected chi connectivity index (χ2v) is 7.52. The molecule has 0 amide bonds. The molecule has 1 aromatic carbocycles. The molecule has 30 heavy (non-hydrogen) atoms. The Hall–Kier alpha value is -3.25. The highest BCUT2D eigenvalue weighted by Crippen LogP contribution is 2.32. The van der Waals surface area contributed by atoms with Gasteiger partial charge in [0.2, 0.25) is 0 Å². The highest BCUT2D eigenvalue weighted by atomic mass is 35.5. The molecule has 7 heteroatoms. The molecule has 0 aliphatic heterocycles. The zero-order valence-electron chi connectivity index (χ0n) is 16.8. The lowest BCUT2D eigenvalue weighted by atomic mass is 10.1. The summed E-state index contributed by atoms with van der Waals surface area (Å²) in [6, 6.07) is 11.0. The topological polar surface area (TPSA) is 63.7 Å². The maximum atomic E-state index is 14.0. The number of ether oxygens (including phenoxy) is 1. The zero-order chi connectivity index (χ0) is 21.3. The van der Waals surface area contributed by atoms with Gasteiger partial charge >= 0.3 is 0 Å². The Balaban J connectivity index is 1.55. The number of imidazole rings is 1. The van der Waals surface area contributed by atoms with Crippen LogP contribution in [0, 0.1) is 26.6 Å². The summed E-state index contributed by atoms with van der Waals surface area (Å²) in [7, 11) is 0. The van der Waals surface area contributed by atoms with Crippen LogP contribution in [-0.4, -0.2) is 19.9 Å². The summed E-state index contributed by atoms with van der Waals surface area (Å²) in [6.45, 7) is 5.70. The van der Waals surface area contributed by atoms with Crippen molar-refractivity contribution in [2.75, 3.05) is 0 Å². The number of halogens is 2. The number of nitrogens with one attached hydrogen (secondary N) is 1. The molecule has 0 radical (unpaired) electrons. The van der Waals surface area contributed by atoms with Crippen molar-refractivity contribution in [2.45, 2.75) is 27.4 Å².